The Labute approximate surface area is 844 Å². The summed E-state index contributed by atoms with van der Waals surface area (Å²) in [6.45, 7) is 19.8. The molecule has 13 aromatic rings. The largest absolute Gasteiger partial charge is 0.416 e. The van der Waals surface area contributed by atoms with E-state index in [0.29, 0.717) is 106 Å². The smallest absolute Gasteiger partial charge is 0.410 e. The van der Waals surface area contributed by atoms with Gasteiger partial charge in [-0.3, -0.25) is 5.32 Å². The van der Waals surface area contributed by atoms with Crippen molar-refractivity contribution in [3.05, 3.63) is 452 Å². The molecule has 13 aromatic carbocycles. The number of aryl methyl sites for hydroxylation is 1. The second kappa shape index (κ2) is 47.6. The van der Waals surface area contributed by atoms with Crippen LogP contribution in [0.25, 0.3) is 6.08 Å². The Morgan fingerprint density at radius 2 is 0.671 bits per heavy atom. The molecule has 17 heteroatoms. The lowest BCUT2D eigenvalue weighted by atomic mass is 9.75. The van der Waals surface area contributed by atoms with Gasteiger partial charge in [0.2, 0.25) is 0 Å². The Balaban J connectivity index is 0.000000121. The average molecular weight is 1900 g/mol. The highest BCUT2D eigenvalue weighted by molar-refractivity contribution is 5.79. The van der Waals surface area contributed by atoms with Gasteiger partial charge in [0, 0.05) is 173 Å². The molecule has 7 amide bonds. The number of amides is 7. The first-order chi connectivity index (χ1) is 70.5. The molecule has 9 aliphatic rings. The van der Waals surface area contributed by atoms with Crippen molar-refractivity contribution in [3.8, 4) is 17.6 Å². The van der Waals surface area contributed by atoms with E-state index >= 15 is 0 Å². The standard InChI is InChI=1S/C33H30N2O2.C32H33N3O2.C31H37N3O.C30H33N3O/c36-33(37-27-14-8-3-9-15-27)34-19-16-24-22-30-28(25-10-4-1-5-11-25)17-20-35-21-18-29(31(23-24)32(30)35)26-12-6-2-7-13-26;36-32(35-18-20-37-21-19-35)33-15-7-8-24-22-29-27(25-9-3-1-4-10-25)13-16-34-17-14-28(30(23-24)31(29)34)26-11-5-2-6-12-26;1-2-17-32-31(35)33-18-9-10-23-21-28-26(24-11-5-3-6-12-24)15-19-34-20-16-27(29(22-23)30(28)34)25-13-7-4-8-14-25;1-2-16-31-30(34)32-17-13-22-20-27-25(23-9-5-3-6-10-23)14-18-33-19-15-26(28(21-22)29(27)33)24-11-7-4-8-12-24/h1-16,19,22-23,28-29H,17-18,20-21H2,(H,34,36);1-6,9-12,22-23,27-28H,13-21H2,(H,33,36);3-8,11-14,21-22,26-27H,2,9-10,15-20H2,1H3,(H2,32,33,35);2-12,20-21,25-26H,1,13-19H2,(H2,31,32,34)/b19-16+;;;. The molecule has 0 aromatic heterocycles. The Kier molecular flexibility index (Phi) is 32.3. The lowest BCUT2D eigenvalue weighted by molar-refractivity contribution is 0.0535. The molecule has 143 heavy (non-hydrogen) atoms. The van der Waals surface area contributed by atoms with Crippen LogP contribution in [0.4, 0.5) is 41.9 Å². The number of nitrogens with zero attached hydrogens (tertiary/aromatic N) is 5. The summed E-state index contributed by atoms with van der Waals surface area (Å²) in [6, 6.07) is 115. The second-order valence-corrected chi connectivity index (χ2v) is 39.0. The van der Waals surface area contributed by atoms with Crippen LogP contribution in [-0.2, 0) is 17.6 Å². The summed E-state index contributed by atoms with van der Waals surface area (Å²) in [5.74, 6) is 10.2. The molecule has 0 spiro atoms. The monoisotopic (exact) mass is 1900 g/mol. The third-order valence-electron chi connectivity index (χ3n) is 30.1. The van der Waals surface area contributed by atoms with Crippen molar-refractivity contribution in [1.29, 1.82) is 0 Å². The van der Waals surface area contributed by atoms with Gasteiger partial charge in [-0.2, -0.15) is 0 Å². The van der Waals surface area contributed by atoms with E-state index in [2.05, 4.69) is 368 Å². The molecule has 0 radical (unpaired) electrons. The summed E-state index contributed by atoms with van der Waals surface area (Å²) in [6.07, 6.45) is 17.5. The Morgan fingerprint density at radius 1 is 0.364 bits per heavy atom. The van der Waals surface area contributed by atoms with Crippen molar-refractivity contribution in [2.24, 2.45) is 0 Å². The van der Waals surface area contributed by atoms with E-state index in [-0.39, 0.29) is 18.1 Å². The van der Waals surface area contributed by atoms with Gasteiger partial charge in [-0.05, 0) is 225 Å². The molecule has 0 saturated carbocycles. The molecular weight excluding hydrogens is 1760 g/mol. The summed E-state index contributed by atoms with van der Waals surface area (Å²) in [4.78, 5) is 60.8. The summed E-state index contributed by atoms with van der Waals surface area (Å²) in [5, 5.41) is 17.4. The lowest BCUT2D eigenvalue weighted by Gasteiger charge is -2.43. The highest BCUT2D eigenvalue weighted by atomic mass is 16.6. The number of hydrogen-bond acceptors (Lipinski definition) is 10. The van der Waals surface area contributed by atoms with Gasteiger partial charge in [0.15, 0.2) is 0 Å². The number of urea groups is 3. The van der Waals surface area contributed by atoms with E-state index in [1.807, 2.05) is 24.3 Å². The number of morpholine rings is 1. The number of para-hydroxylation sites is 1. The third-order valence-corrected chi connectivity index (χ3v) is 30.1. The average Bonchev–Trinajstić information content (AvgIpc) is 0.753. The summed E-state index contributed by atoms with van der Waals surface area (Å²) < 4.78 is 10.7. The number of nitrogens with one attached hydrogen (secondary N) is 6. The molecule has 8 atom stereocenters. The Bertz CT molecular complexity index is 6270. The van der Waals surface area contributed by atoms with Crippen molar-refractivity contribution < 1.29 is 28.7 Å². The van der Waals surface area contributed by atoms with Crippen LogP contribution in [0, 0.1) is 11.8 Å². The van der Waals surface area contributed by atoms with Gasteiger partial charge in [0.1, 0.15) is 5.75 Å². The number of ether oxygens (including phenoxy) is 2. The molecule has 0 bridgehead atoms. The lowest BCUT2D eigenvalue weighted by Crippen LogP contribution is -2.46. The van der Waals surface area contributed by atoms with Crippen LogP contribution in [0.1, 0.15) is 230 Å². The number of rotatable bonds is 23. The first-order valence-corrected chi connectivity index (χ1v) is 52.0. The highest BCUT2D eigenvalue weighted by Crippen LogP contribution is 2.55. The molecule has 8 unspecified atom stereocenters. The summed E-state index contributed by atoms with van der Waals surface area (Å²) in [7, 11) is 0. The normalized spacial score (nSPS) is 19.0. The third kappa shape index (κ3) is 23.5. The number of anilines is 4. The van der Waals surface area contributed by atoms with Crippen LogP contribution < -0.4 is 56.2 Å². The van der Waals surface area contributed by atoms with Crippen LogP contribution in [0.3, 0.4) is 0 Å². The van der Waals surface area contributed by atoms with E-state index < -0.39 is 6.09 Å². The van der Waals surface area contributed by atoms with Gasteiger partial charge < -0.3 is 60.6 Å². The molecule has 1 fully saturated rings. The zero-order valence-electron chi connectivity index (χ0n) is 82.3. The fourth-order valence-electron chi connectivity index (χ4n) is 23.4. The van der Waals surface area contributed by atoms with Gasteiger partial charge in [0.25, 0.3) is 0 Å². The molecule has 17 nitrogen and oxygen atoms in total. The zero-order valence-corrected chi connectivity index (χ0v) is 82.3. The van der Waals surface area contributed by atoms with Gasteiger partial charge >= 0.3 is 24.2 Å². The number of carbonyl (C=O) groups is 4. The molecule has 6 N–H and O–H groups in total. The Morgan fingerprint density at radius 3 is 1.01 bits per heavy atom. The van der Waals surface area contributed by atoms with E-state index in [9.17, 15) is 19.2 Å². The number of hydrogen-bond donors (Lipinski definition) is 6. The molecule has 728 valence electrons. The van der Waals surface area contributed by atoms with Gasteiger partial charge in [-0.25, -0.2) is 19.2 Å². The fourth-order valence-corrected chi connectivity index (χ4v) is 23.4. The molecule has 22 rings (SSSR count). The maximum absolute atomic E-state index is 12.4. The molecule has 9 heterocycles. The predicted molar refractivity (Wildman–Crippen MR) is 580 cm³/mol. The minimum absolute atomic E-state index is 0.0590. The fraction of sp³-hybridized carbons (Fsp3) is 0.302. The van der Waals surface area contributed by atoms with Gasteiger partial charge in [0.05, 0.1) is 19.8 Å². The minimum Gasteiger partial charge on any atom is -0.410 e. The van der Waals surface area contributed by atoms with Crippen molar-refractivity contribution in [2.75, 3.05) is 131 Å². The number of carbonyl (C=O) groups excluding carboxylic acids is 4. The molecule has 9 aliphatic heterocycles. The molecular formula is C126H133N11O6. The molecule has 0 aliphatic carbocycles. The highest BCUT2D eigenvalue weighted by Gasteiger charge is 2.41. The SMILES string of the molecule is C=CCNC(=O)NCCc1cc2c3c(c1)C(c1ccccc1)CCN3CCC2c1ccccc1.CCCNC(=O)NCCCc1cc2c3c(c1)C(c1ccccc1)CCN3CCC2c1ccccc1.O=C(N/C=C/c1cc2c3c(c1)C(c1ccccc1)CCN3CCC2c1ccccc1)Oc1ccccc1.O=C(NCC#Cc1cc2c3c(c1)C(c1ccccc1)CCN3CCC2c1ccccc1)N1CCOCC1. The minimum atomic E-state index is -0.503. The van der Waals surface area contributed by atoms with Crippen LogP contribution >= 0.6 is 0 Å². The van der Waals surface area contributed by atoms with Crippen LogP contribution in [0.15, 0.2) is 340 Å². The first kappa shape index (κ1) is 97.0. The van der Waals surface area contributed by atoms with E-state index in [0.717, 1.165) is 147 Å². The quantitative estimate of drug-likeness (QED) is 0.0205. The molecule has 1 saturated heterocycles. The predicted octanol–water partition coefficient (Wildman–Crippen LogP) is 24.1. The topological polar surface area (TPSA) is 175 Å². The summed E-state index contributed by atoms with van der Waals surface area (Å²) >= 11 is 0. The summed E-state index contributed by atoms with van der Waals surface area (Å²) in [5.41, 5.74) is 33.0. The second-order valence-electron chi connectivity index (χ2n) is 39.0. The van der Waals surface area contributed by atoms with Crippen molar-refractivity contribution in [2.45, 2.75) is 131 Å². The van der Waals surface area contributed by atoms with Crippen molar-refractivity contribution in [1.82, 2.24) is 36.8 Å². The Hall–Kier alpha value is -14.9. The van der Waals surface area contributed by atoms with Crippen molar-refractivity contribution in [3.63, 3.8) is 0 Å². The zero-order chi connectivity index (χ0) is 97.4. The van der Waals surface area contributed by atoms with Gasteiger partial charge in [-0.1, -0.05) is 310 Å². The van der Waals surface area contributed by atoms with E-state index in [4.69, 9.17) is 9.47 Å². The van der Waals surface area contributed by atoms with Crippen molar-refractivity contribution >= 4 is 53.0 Å². The van der Waals surface area contributed by atoms with E-state index in [1.54, 1.807) is 29.3 Å². The van der Waals surface area contributed by atoms with E-state index in [1.165, 1.54) is 123 Å². The van der Waals surface area contributed by atoms with Crippen LogP contribution in [-0.4, -0.2) is 140 Å². The van der Waals surface area contributed by atoms with Gasteiger partial charge in [-0.15, -0.1) is 6.58 Å². The maximum atomic E-state index is 12.4. The van der Waals surface area contributed by atoms with Crippen LogP contribution in [0.5, 0.6) is 5.75 Å². The van der Waals surface area contributed by atoms with Crippen LogP contribution in [0.2, 0.25) is 0 Å². The number of benzene rings is 13. The maximum Gasteiger partial charge on any atom is 0.416 e. The first-order valence-electron chi connectivity index (χ1n) is 52.0.